The van der Waals surface area contributed by atoms with Crippen molar-refractivity contribution in [3.63, 3.8) is 0 Å². The smallest absolute Gasteiger partial charge is 0.383 e. The number of carbonyl (C=O) groups is 1. The lowest BCUT2D eigenvalue weighted by Crippen LogP contribution is -2.10. The monoisotopic (exact) mass is 288 g/mol. The quantitative estimate of drug-likeness (QED) is 0.534. The van der Waals surface area contributed by atoms with E-state index in [1.807, 2.05) is 6.92 Å². The molecule has 0 fully saturated rings. The number of carbonyl (C=O) groups excluding carboxylic acids is 1. The van der Waals surface area contributed by atoms with Gasteiger partial charge in [-0.15, -0.1) is 5.10 Å². The largest absolute Gasteiger partial charge is 0.421 e. The summed E-state index contributed by atoms with van der Waals surface area (Å²) in [4.78, 5) is 20.0. The highest BCUT2D eigenvalue weighted by atomic mass is 35.5. The minimum Gasteiger partial charge on any atom is -0.421 e. The van der Waals surface area contributed by atoms with Crippen molar-refractivity contribution in [3.8, 4) is 5.75 Å². The summed E-state index contributed by atoms with van der Waals surface area (Å²) < 4.78 is 6.64. The number of fused-ring (bicyclic) bond motifs is 1. The topological polar surface area (TPSA) is 69.4 Å². The molecule has 0 amide bonds. The molecule has 0 atom stereocenters. The molecule has 100 valence electrons. The standard InChI is InChI=1S/C13H9ClN4O2/c1-8-5-6-15-13-16-11(17-18(8)13)12(19)20-10-4-2-3-9(14)7-10/h2-7H,1H3. The van der Waals surface area contributed by atoms with Crippen LogP contribution in [0.5, 0.6) is 5.75 Å². The molecule has 0 N–H and O–H groups in total. The Labute approximate surface area is 119 Å². The van der Waals surface area contributed by atoms with Crippen LogP contribution in [-0.2, 0) is 0 Å². The third-order valence-corrected chi connectivity index (χ3v) is 2.85. The van der Waals surface area contributed by atoms with E-state index in [9.17, 15) is 4.79 Å². The highest BCUT2D eigenvalue weighted by Gasteiger charge is 2.16. The molecule has 1 aromatic carbocycles. The molecule has 0 unspecified atom stereocenters. The molecule has 7 heteroatoms. The van der Waals surface area contributed by atoms with E-state index < -0.39 is 5.97 Å². The van der Waals surface area contributed by atoms with Crippen molar-refractivity contribution in [2.24, 2.45) is 0 Å². The van der Waals surface area contributed by atoms with E-state index in [0.717, 1.165) is 5.69 Å². The van der Waals surface area contributed by atoms with Crippen LogP contribution in [0.25, 0.3) is 5.78 Å². The highest BCUT2D eigenvalue weighted by Crippen LogP contribution is 2.18. The summed E-state index contributed by atoms with van der Waals surface area (Å²) in [6.07, 6.45) is 1.60. The molecular formula is C13H9ClN4O2. The van der Waals surface area contributed by atoms with Gasteiger partial charge in [-0.05, 0) is 31.2 Å². The second-order valence-electron chi connectivity index (χ2n) is 4.08. The molecule has 2 aromatic heterocycles. The van der Waals surface area contributed by atoms with Gasteiger partial charge < -0.3 is 4.74 Å². The number of nitrogens with zero attached hydrogens (tertiary/aromatic N) is 4. The Kier molecular flexibility index (Phi) is 3.08. The second kappa shape index (κ2) is 4.90. The van der Waals surface area contributed by atoms with Gasteiger partial charge in [-0.2, -0.15) is 4.98 Å². The summed E-state index contributed by atoms with van der Waals surface area (Å²) in [7, 11) is 0. The van der Waals surface area contributed by atoms with Gasteiger partial charge in [-0.1, -0.05) is 17.7 Å². The highest BCUT2D eigenvalue weighted by molar-refractivity contribution is 6.30. The molecule has 0 bridgehead atoms. The van der Waals surface area contributed by atoms with Crippen molar-refractivity contribution < 1.29 is 9.53 Å². The molecule has 0 aliphatic heterocycles. The van der Waals surface area contributed by atoms with Gasteiger partial charge in [0.25, 0.3) is 11.6 Å². The van der Waals surface area contributed by atoms with Crippen LogP contribution in [0.15, 0.2) is 36.5 Å². The van der Waals surface area contributed by atoms with Crippen molar-refractivity contribution >= 4 is 23.3 Å². The number of benzene rings is 1. The molecule has 2 heterocycles. The zero-order valence-electron chi connectivity index (χ0n) is 10.4. The van der Waals surface area contributed by atoms with Gasteiger partial charge in [0.2, 0.25) is 0 Å². The number of aromatic nitrogens is 4. The van der Waals surface area contributed by atoms with Gasteiger partial charge in [-0.3, -0.25) is 0 Å². The molecule has 3 rings (SSSR count). The maximum absolute atomic E-state index is 12.0. The number of halogens is 1. The maximum Gasteiger partial charge on any atom is 0.383 e. The van der Waals surface area contributed by atoms with Crippen molar-refractivity contribution in [2.75, 3.05) is 0 Å². The fraction of sp³-hybridized carbons (Fsp3) is 0.0769. The van der Waals surface area contributed by atoms with Crippen molar-refractivity contribution in [1.29, 1.82) is 0 Å². The minimum atomic E-state index is -0.655. The molecule has 0 aliphatic rings. The minimum absolute atomic E-state index is 0.0493. The van der Waals surface area contributed by atoms with Crippen molar-refractivity contribution in [1.82, 2.24) is 19.6 Å². The number of ether oxygens (including phenoxy) is 1. The Hall–Kier alpha value is -2.47. The van der Waals surface area contributed by atoms with Crippen molar-refractivity contribution in [3.05, 3.63) is 53.1 Å². The molecule has 6 nitrogen and oxygen atoms in total. The fourth-order valence-corrected chi connectivity index (χ4v) is 1.86. The number of rotatable bonds is 2. The third kappa shape index (κ3) is 2.33. The average molecular weight is 289 g/mol. The molecule has 3 aromatic rings. The number of hydrogen-bond donors (Lipinski definition) is 0. The summed E-state index contributed by atoms with van der Waals surface area (Å²) >= 11 is 5.82. The zero-order valence-corrected chi connectivity index (χ0v) is 11.2. The maximum atomic E-state index is 12.0. The Bertz CT molecular complexity index is 800. The van der Waals surface area contributed by atoms with Gasteiger partial charge >= 0.3 is 5.97 Å². The van der Waals surface area contributed by atoms with E-state index in [1.54, 1.807) is 36.5 Å². The van der Waals surface area contributed by atoms with E-state index in [4.69, 9.17) is 16.3 Å². The van der Waals surface area contributed by atoms with E-state index >= 15 is 0 Å². The van der Waals surface area contributed by atoms with Gasteiger partial charge in [0.1, 0.15) is 5.75 Å². The van der Waals surface area contributed by atoms with E-state index in [-0.39, 0.29) is 5.82 Å². The first-order chi connectivity index (χ1) is 9.63. The van der Waals surface area contributed by atoms with Crippen LogP contribution >= 0.6 is 11.6 Å². The molecule has 20 heavy (non-hydrogen) atoms. The van der Waals surface area contributed by atoms with Crippen LogP contribution in [0.2, 0.25) is 5.02 Å². The van der Waals surface area contributed by atoms with Crippen LogP contribution in [0.1, 0.15) is 16.3 Å². The molecule has 0 aliphatic carbocycles. The first-order valence-corrected chi connectivity index (χ1v) is 6.17. The van der Waals surface area contributed by atoms with E-state index in [1.165, 1.54) is 4.52 Å². The normalized spacial score (nSPS) is 10.7. The van der Waals surface area contributed by atoms with Crippen LogP contribution in [0, 0.1) is 6.92 Å². The Morgan fingerprint density at radius 2 is 2.20 bits per heavy atom. The van der Waals surface area contributed by atoms with Gasteiger partial charge in [0, 0.05) is 16.9 Å². The lowest BCUT2D eigenvalue weighted by Gasteiger charge is -2.01. The summed E-state index contributed by atoms with van der Waals surface area (Å²) in [6, 6.07) is 8.32. The molecule has 0 radical (unpaired) electrons. The molecule has 0 saturated heterocycles. The summed E-state index contributed by atoms with van der Waals surface area (Å²) in [6.45, 7) is 1.84. The van der Waals surface area contributed by atoms with Crippen LogP contribution in [-0.4, -0.2) is 25.6 Å². The lowest BCUT2D eigenvalue weighted by atomic mass is 10.3. The van der Waals surface area contributed by atoms with E-state index in [2.05, 4.69) is 15.1 Å². The van der Waals surface area contributed by atoms with Crippen LogP contribution in [0.3, 0.4) is 0 Å². The van der Waals surface area contributed by atoms with Gasteiger partial charge in [0.05, 0.1) is 0 Å². The average Bonchev–Trinajstić information content (AvgIpc) is 2.84. The molecular weight excluding hydrogens is 280 g/mol. The first-order valence-electron chi connectivity index (χ1n) is 5.79. The Morgan fingerprint density at radius 3 is 2.95 bits per heavy atom. The predicted molar refractivity (Wildman–Crippen MR) is 71.9 cm³/mol. The van der Waals surface area contributed by atoms with E-state index in [0.29, 0.717) is 16.5 Å². The number of esters is 1. The Morgan fingerprint density at radius 1 is 1.35 bits per heavy atom. The van der Waals surface area contributed by atoms with Crippen LogP contribution in [0.4, 0.5) is 0 Å². The fourth-order valence-electron chi connectivity index (χ4n) is 1.68. The number of hydrogen-bond acceptors (Lipinski definition) is 5. The summed E-state index contributed by atoms with van der Waals surface area (Å²) in [5.74, 6) is -0.0157. The summed E-state index contributed by atoms with van der Waals surface area (Å²) in [5.41, 5.74) is 0.823. The SMILES string of the molecule is Cc1ccnc2nc(C(=O)Oc3cccc(Cl)c3)nn12. The molecule has 0 saturated carbocycles. The van der Waals surface area contributed by atoms with Gasteiger partial charge in [0.15, 0.2) is 0 Å². The second-order valence-corrected chi connectivity index (χ2v) is 4.52. The lowest BCUT2D eigenvalue weighted by molar-refractivity contribution is 0.0722. The van der Waals surface area contributed by atoms with Gasteiger partial charge in [-0.25, -0.2) is 14.3 Å². The molecule has 0 spiro atoms. The third-order valence-electron chi connectivity index (χ3n) is 2.62. The van der Waals surface area contributed by atoms with Crippen LogP contribution < -0.4 is 4.74 Å². The summed E-state index contributed by atoms with van der Waals surface area (Å²) in [5, 5.41) is 4.55. The zero-order chi connectivity index (χ0) is 14.1. The Balaban J connectivity index is 1.91. The number of aryl methyl sites for hydroxylation is 1. The first kappa shape index (κ1) is 12.6. The van der Waals surface area contributed by atoms with Crippen molar-refractivity contribution in [2.45, 2.75) is 6.92 Å². The predicted octanol–water partition coefficient (Wildman–Crippen LogP) is 2.31.